The largest absolute Gasteiger partial charge is 0.479 e. The fourth-order valence-corrected chi connectivity index (χ4v) is 3.24. The predicted molar refractivity (Wildman–Crippen MR) is 103 cm³/mol. The number of carbonyl (C=O) groups is 2. The van der Waals surface area contributed by atoms with E-state index in [4.69, 9.17) is 4.74 Å². The van der Waals surface area contributed by atoms with Gasteiger partial charge in [-0.3, -0.25) is 9.59 Å². The Morgan fingerprint density at radius 2 is 1.88 bits per heavy atom. The van der Waals surface area contributed by atoms with Gasteiger partial charge in [0.2, 0.25) is 5.91 Å². The van der Waals surface area contributed by atoms with Gasteiger partial charge >= 0.3 is 0 Å². The van der Waals surface area contributed by atoms with Crippen molar-refractivity contribution in [3.8, 4) is 5.75 Å². The molecule has 0 radical (unpaired) electrons. The van der Waals surface area contributed by atoms with E-state index in [1.807, 2.05) is 30.3 Å². The quantitative estimate of drug-likeness (QED) is 0.890. The Morgan fingerprint density at radius 3 is 2.58 bits per heavy atom. The maximum atomic E-state index is 12.7. The third kappa shape index (κ3) is 3.72. The monoisotopic (exact) mass is 352 g/mol. The summed E-state index contributed by atoms with van der Waals surface area (Å²) in [5, 5.41) is 2.96. The summed E-state index contributed by atoms with van der Waals surface area (Å²) in [7, 11) is 1.71. The van der Waals surface area contributed by atoms with Crippen LogP contribution in [-0.2, 0) is 9.59 Å². The molecule has 1 aliphatic rings. The molecule has 2 aromatic rings. The Bertz CT molecular complexity index is 802. The highest BCUT2D eigenvalue weighted by Crippen LogP contribution is 2.38. The standard InChI is InChI=1S/C21H24N2O3/c1-14(2)16(15-8-5-4-6-9-15)12-19(24)22-17-10-7-11-18-21(17)26-13-20(25)23(18)3/h4-11,14,16H,12-13H2,1-3H3,(H,22,24). The van der Waals surface area contributed by atoms with Gasteiger partial charge < -0.3 is 15.0 Å². The SMILES string of the molecule is CC(C)C(CC(=O)Nc1cccc2c1OCC(=O)N2C)c1ccccc1. The second-order valence-corrected chi connectivity index (χ2v) is 6.91. The number of nitrogens with one attached hydrogen (secondary N) is 1. The van der Waals surface area contributed by atoms with Gasteiger partial charge in [-0.1, -0.05) is 50.2 Å². The third-order valence-electron chi connectivity index (χ3n) is 4.78. The van der Waals surface area contributed by atoms with Crippen LogP contribution < -0.4 is 15.0 Å². The van der Waals surface area contributed by atoms with E-state index in [1.165, 1.54) is 0 Å². The first-order valence-electron chi connectivity index (χ1n) is 8.84. The van der Waals surface area contributed by atoms with Crippen molar-refractivity contribution in [1.82, 2.24) is 0 Å². The van der Waals surface area contributed by atoms with E-state index in [9.17, 15) is 9.59 Å². The minimum Gasteiger partial charge on any atom is -0.479 e. The van der Waals surface area contributed by atoms with Crippen LogP contribution in [0.2, 0.25) is 0 Å². The number of amides is 2. The summed E-state index contributed by atoms with van der Waals surface area (Å²) in [6.07, 6.45) is 0.389. The van der Waals surface area contributed by atoms with Gasteiger partial charge in [-0.2, -0.15) is 0 Å². The smallest absolute Gasteiger partial charge is 0.264 e. The fraction of sp³-hybridized carbons (Fsp3) is 0.333. The average molecular weight is 352 g/mol. The minimum absolute atomic E-state index is 0.0188. The summed E-state index contributed by atoms with van der Waals surface area (Å²) in [5.41, 5.74) is 2.43. The Morgan fingerprint density at radius 1 is 1.15 bits per heavy atom. The first kappa shape index (κ1) is 18.0. The van der Waals surface area contributed by atoms with Crippen LogP contribution in [0.15, 0.2) is 48.5 Å². The highest BCUT2D eigenvalue weighted by atomic mass is 16.5. The first-order chi connectivity index (χ1) is 12.5. The van der Waals surface area contributed by atoms with E-state index in [2.05, 4.69) is 31.3 Å². The van der Waals surface area contributed by atoms with Crippen molar-refractivity contribution >= 4 is 23.2 Å². The summed E-state index contributed by atoms with van der Waals surface area (Å²) in [6.45, 7) is 4.23. The molecule has 1 heterocycles. The molecular weight excluding hydrogens is 328 g/mol. The lowest BCUT2D eigenvalue weighted by Gasteiger charge is -2.28. The maximum absolute atomic E-state index is 12.7. The van der Waals surface area contributed by atoms with Crippen molar-refractivity contribution < 1.29 is 14.3 Å². The molecule has 0 aliphatic carbocycles. The Hall–Kier alpha value is -2.82. The molecule has 1 aliphatic heterocycles. The van der Waals surface area contributed by atoms with Crippen LogP contribution in [0.1, 0.15) is 31.7 Å². The highest BCUT2D eigenvalue weighted by molar-refractivity contribution is 6.01. The van der Waals surface area contributed by atoms with Crippen molar-refractivity contribution in [3.63, 3.8) is 0 Å². The van der Waals surface area contributed by atoms with Crippen molar-refractivity contribution in [2.75, 3.05) is 23.9 Å². The van der Waals surface area contributed by atoms with E-state index in [1.54, 1.807) is 18.0 Å². The van der Waals surface area contributed by atoms with Gasteiger partial charge in [0, 0.05) is 13.5 Å². The summed E-state index contributed by atoms with van der Waals surface area (Å²) >= 11 is 0. The fourth-order valence-electron chi connectivity index (χ4n) is 3.24. The van der Waals surface area contributed by atoms with Crippen molar-refractivity contribution in [2.24, 2.45) is 5.92 Å². The molecule has 5 heteroatoms. The molecule has 0 saturated carbocycles. The number of likely N-dealkylation sites (N-methyl/N-ethyl adjacent to an activating group) is 1. The molecule has 1 unspecified atom stereocenters. The Kier molecular flexibility index (Phi) is 5.26. The zero-order valence-electron chi connectivity index (χ0n) is 15.4. The topological polar surface area (TPSA) is 58.6 Å². The Balaban J connectivity index is 1.77. The number of hydrogen-bond donors (Lipinski definition) is 1. The molecule has 0 spiro atoms. The van der Waals surface area contributed by atoms with E-state index in [0.717, 1.165) is 5.56 Å². The van der Waals surface area contributed by atoms with E-state index in [0.29, 0.717) is 29.5 Å². The summed E-state index contributed by atoms with van der Waals surface area (Å²) in [5.74, 6) is 0.853. The van der Waals surface area contributed by atoms with Crippen molar-refractivity contribution in [1.29, 1.82) is 0 Å². The van der Waals surface area contributed by atoms with Gasteiger partial charge in [0.25, 0.3) is 5.91 Å². The van der Waals surface area contributed by atoms with Crippen molar-refractivity contribution in [3.05, 3.63) is 54.1 Å². The van der Waals surface area contributed by atoms with Gasteiger partial charge in [-0.05, 0) is 29.5 Å². The van der Waals surface area contributed by atoms with Crippen LogP contribution >= 0.6 is 0 Å². The van der Waals surface area contributed by atoms with Crippen LogP contribution in [0.5, 0.6) is 5.75 Å². The third-order valence-corrected chi connectivity index (χ3v) is 4.78. The maximum Gasteiger partial charge on any atom is 0.264 e. The number of nitrogens with zero attached hydrogens (tertiary/aromatic N) is 1. The van der Waals surface area contributed by atoms with Gasteiger partial charge in [0.15, 0.2) is 12.4 Å². The van der Waals surface area contributed by atoms with E-state index in [-0.39, 0.29) is 24.3 Å². The molecule has 26 heavy (non-hydrogen) atoms. The summed E-state index contributed by atoms with van der Waals surface area (Å²) in [6, 6.07) is 15.5. The molecule has 0 aromatic heterocycles. The van der Waals surface area contributed by atoms with Gasteiger partial charge in [-0.25, -0.2) is 0 Å². The predicted octanol–water partition coefficient (Wildman–Crippen LogP) is 3.81. The Labute approximate surface area is 154 Å². The average Bonchev–Trinajstić information content (AvgIpc) is 2.63. The first-order valence-corrected chi connectivity index (χ1v) is 8.84. The molecule has 0 saturated heterocycles. The zero-order valence-corrected chi connectivity index (χ0v) is 15.4. The van der Waals surface area contributed by atoms with Crippen LogP contribution in [0, 0.1) is 5.92 Å². The number of rotatable bonds is 5. The van der Waals surface area contributed by atoms with Gasteiger partial charge in [0.1, 0.15) is 0 Å². The van der Waals surface area contributed by atoms with Crippen LogP contribution in [-0.4, -0.2) is 25.5 Å². The van der Waals surface area contributed by atoms with E-state index >= 15 is 0 Å². The summed E-state index contributed by atoms with van der Waals surface area (Å²) < 4.78 is 5.57. The molecule has 2 amide bonds. The van der Waals surface area contributed by atoms with E-state index < -0.39 is 0 Å². The molecule has 1 N–H and O–H groups in total. The second-order valence-electron chi connectivity index (χ2n) is 6.91. The van der Waals surface area contributed by atoms with Gasteiger partial charge in [0.05, 0.1) is 11.4 Å². The lowest BCUT2D eigenvalue weighted by molar-refractivity contribution is -0.121. The number of carbonyl (C=O) groups excluding carboxylic acids is 2. The van der Waals surface area contributed by atoms with Crippen LogP contribution in [0.25, 0.3) is 0 Å². The molecule has 0 fully saturated rings. The number of fused-ring (bicyclic) bond motifs is 1. The number of benzene rings is 2. The summed E-state index contributed by atoms with van der Waals surface area (Å²) in [4.78, 5) is 26.0. The number of anilines is 2. The molecular formula is C21H24N2O3. The lowest BCUT2D eigenvalue weighted by Crippen LogP contribution is -2.35. The normalized spacial score (nSPS) is 14.6. The van der Waals surface area contributed by atoms with Crippen LogP contribution in [0.3, 0.4) is 0 Å². The van der Waals surface area contributed by atoms with Crippen LogP contribution in [0.4, 0.5) is 11.4 Å². The van der Waals surface area contributed by atoms with Gasteiger partial charge in [-0.15, -0.1) is 0 Å². The molecule has 5 nitrogen and oxygen atoms in total. The molecule has 0 bridgehead atoms. The minimum atomic E-state index is -0.107. The van der Waals surface area contributed by atoms with Crippen molar-refractivity contribution in [2.45, 2.75) is 26.2 Å². The molecule has 1 atom stereocenters. The highest BCUT2D eigenvalue weighted by Gasteiger charge is 2.26. The molecule has 2 aromatic carbocycles. The zero-order chi connectivity index (χ0) is 18.7. The number of ether oxygens (including phenoxy) is 1. The number of hydrogen-bond acceptors (Lipinski definition) is 3. The number of para-hydroxylation sites is 1. The molecule has 136 valence electrons. The lowest BCUT2D eigenvalue weighted by atomic mass is 9.85. The molecule has 3 rings (SSSR count). The second kappa shape index (κ2) is 7.60.